The zero-order valence-electron chi connectivity index (χ0n) is 11.5. The molecule has 1 N–H and O–H groups in total. The fourth-order valence-corrected chi connectivity index (χ4v) is 2.33. The molecule has 1 aliphatic rings. The molecule has 0 aliphatic carbocycles. The van der Waals surface area contributed by atoms with Gasteiger partial charge in [-0.25, -0.2) is 0 Å². The highest BCUT2D eigenvalue weighted by atomic mass is 16.5. The van der Waals surface area contributed by atoms with Gasteiger partial charge in [-0.15, -0.1) is 0 Å². The summed E-state index contributed by atoms with van der Waals surface area (Å²) in [7, 11) is 0. The average Bonchev–Trinajstić information content (AvgIpc) is 2.38. The van der Waals surface area contributed by atoms with Gasteiger partial charge in [-0.2, -0.15) is 0 Å². The van der Waals surface area contributed by atoms with E-state index in [4.69, 9.17) is 4.74 Å². The number of hydrogen-bond acceptors (Lipinski definition) is 3. The molecule has 0 radical (unpaired) electrons. The topological polar surface area (TPSA) is 24.5 Å². The van der Waals surface area contributed by atoms with Crippen molar-refractivity contribution in [3.63, 3.8) is 0 Å². The molecule has 0 amide bonds. The zero-order chi connectivity index (χ0) is 12.8. The normalized spacial score (nSPS) is 20.9. The van der Waals surface area contributed by atoms with E-state index in [0.717, 1.165) is 45.0 Å². The van der Waals surface area contributed by atoms with Gasteiger partial charge in [0.05, 0.1) is 6.61 Å². The van der Waals surface area contributed by atoms with Gasteiger partial charge in [-0.3, -0.25) is 4.90 Å². The lowest BCUT2D eigenvalue weighted by molar-refractivity contribution is 0.199. The number of ether oxygens (including phenoxy) is 1. The van der Waals surface area contributed by atoms with E-state index in [1.165, 1.54) is 5.56 Å². The molecule has 3 heteroatoms. The number of piperazine rings is 1. The van der Waals surface area contributed by atoms with Crippen LogP contribution in [0.2, 0.25) is 0 Å². The van der Waals surface area contributed by atoms with Crippen LogP contribution >= 0.6 is 0 Å². The third-order valence-corrected chi connectivity index (χ3v) is 3.26. The van der Waals surface area contributed by atoms with Gasteiger partial charge in [0.1, 0.15) is 5.75 Å². The summed E-state index contributed by atoms with van der Waals surface area (Å²) in [5, 5.41) is 3.47. The second kappa shape index (κ2) is 6.76. The molecule has 0 aromatic heterocycles. The van der Waals surface area contributed by atoms with Crippen molar-refractivity contribution in [3.8, 4) is 5.75 Å². The van der Waals surface area contributed by atoms with E-state index in [2.05, 4.69) is 48.3 Å². The molecule has 0 saturated carbocycles. The van der Waals surface area contributed by atoms with Crippen LogP contribution in [0.3, 0.4) is 0 Å². The van der Waals surface area contributed by atoms with E-state index in [9.17, 15) is 0 Å². The minimum atomic E-state index is 0.603. The van der Waals surface area contributed by atoms with Gasteiger partial charge in [0, 0.05) is 32.2 Å². The summed E-state index contributed by atoms with van der Waals surface area (Å²) in [6.07, 6.45) is 1.06. The summed E-state index contributed by atoms with van der Waals surface area (Å²) >= 11 is 0. The van der Waals surface area contributed by atoms with E-state index >= 15 is 0 Å². The second-order valence-electron chi connectivity index (χ2n) is 5.08. The molecule has 3 nitrogen and oxygen atoms in total. The van der Waals surface area contributed by atoms with E-state index in [1.54, 1.807) is 0 Å². The third kappa shape index (κ3) is 4.00. The molecule has 1 unspecified atom stereocenters. The van der Waals surface area contributed by atoms with Crippen LogP contribution in [-0.2, 0) is 6.54 Å². The fraction of sp³-hybridized carbons (Fsp3) is 0.600. The van der Waals surface area contributed by atoms with Gasteiger partial charge in [0.25, 0.3) is 0 Å². The van der Waals surface area contributed by atoms with Crippen molar-refractivity contribution in [1.82, 2.24) is 10.2 Å². The smallest absolute Gasteiger partial charge is 0.119 e. The monoisotopic (exact) mass is 248 g/mol. The minimum Gasteiger partial charge on any atom is -0.494 e. The Hall–Kier alpha value is -1.06. The number of nitrogens with zero attached hydrogens (tertiary/aromatic N) is 1. The highest BCUT2D eigenvalue weighted by Gasteiger charge is 2.15. The Morgan fingerprint density at radius 1 is 1.33 bits per heavy atom. The van der Waals surface area contributed by atoms with Gasteiger partial charge >= 0.3 is 0 Å². The third-order valence-electron chi connectivity index (χ3n) is 3.26. The summed E-state index contributed by atoms with van der Waals surface area (Å²) in [5.74, 6) is 0.981. The van der Waals surface area contributed by atoms with Gasteiger partial charge in [0.15, 0.2) is 0 Å². The number of nitrogens with one attached hydrogen (secondary N) is 1. The van der Waals surface area contributed by atoms with Crippen molar-refractivity contribution in [2.24, 2.45) is 0 Å². The first-order chi connectivity index (χ1) is 8.78. The Morgan fingerprint density at radius 3 is 2.78 bits per heavy atom. The van der Waals surface area contributed by atoms with Crippen LogP contribution in [0.25, 0.3) is 0 Å². The number of rotatable bonds is 5. The summed E-state index contributed by atoms with van der Waals surface area (Å²) < 4.78 is 5.59. The van der Waals surface area contributed by atoms with Gasteiger partial charge in [-0.1, -0.05) is 19.1 Å². The minimum absolute atomic E-state index is 0.603. The van der Waals surface area contributed by atoms with Gasteiger partial charge in [-0.05, 0) is 31.0 Å². The van der Waals surface area contributed by atoms with E-state index in [-0.39, 0.29) is 0 Å². The Balaban J connectivity index is 1.85. The Morgan fingerprint density at radius 2 is 2.11 bits per heavy atom. The molecule has 1 saturated heterocycles. The predicted molar refractivity (Wildman–Crippen MR) is 75.0 cm³/mol. The highest BCUT2D eigenvalue weighted by molar-refractivity contribution is 5.27. The van der Waals surface area contributed by atoms with Crippen LogP contribution in [0.1, 0.15) is 25.8 Å². The second-order valence-corrected chi connectivity index (χ2v) is 5.08. The predicted octanol–water partition coefficient (Wildman–Crippen LogP) is 2.27. The largest absolute Gasteiger partial charge is 0.494 e. The first-order valence-corrected chi connectivity index (χ1v) is 6.95. The molecule has 1 heterocycles. The van der Waals surface area contributed by atoms with Gasteiger partial charge in [0.2, 0.25) is 0 Å². The Bertz CT molecular complexity index is 350. The number of hydrogen-bond donors (Lipinski definition) is 1. The molecule has 1 fully saturated rings. The molecule has 1 aromatic rings. The highest BCUT2D eigenvalue weighted by Crippen LogP contribution is 2.14. The molecule has 0 bridgehead atoms. The summed E-state index contributed by atoms with van der Waals surface area (Å²) in [6, 6.07) is 9.12. The van der Waals surface area contributed by atoms with E-state index in [1.807, 2.05) is 0 Å². The standard InChI is InChI=1S/C15H24N2O/c1-3-10-18-15-6-4-14(5-7-15)12-17-9-8-16-13(2)11-17/h4-7,13,16H,3,8-12H2,1-2H3. The summed E-state index contributed by atoms with van der Waals surface area (Å²) in [5.41, 5.74) is 1.37. The average molecular weight is 248 g/mol. The fourth-order valence-electron chi connectivity index (χ4n) is 2.33. The van der Waals surface area contributed by atoms with Crippen molar-refractivity contribution in [3.05, 3.63) is 29.8 Å². The van der Waals surface area contributed by atoms with Crippen LogP contribution in [0.4, 0.5) is 0 Å². The molecule has 18 heavy (non-hydrogen) atoms. The quantitative estimate of drug-likeness (QED) is 0.865. The lowest BCUT2D eigenvalue weighted by atomic mass is 10.1. The summed E-state index contributed by atoms with van der Waals surface area (Å²) in [6.45, 7) is 9.58. The van der Waals surface area contributed by atoms with Gasteiger partial charge < -0.3 is 10.1 Å². The van der Waals surface area contributed by atoms with Crippen LogP contribution in [0, 0.1) is 0 Å². The van der Waals surface area contributed by atoms with E-state index < -0.39 is 0 Å². The van der Waals surface area contributed by atoms with Crippen LogP contribution < -0.4 is 10.1 Å². The Labute approximate surface area is 110 Å². The SMILES string of the molecule is CCCOc1ccc(CN2CCNC(C)C2)cc1. The zero-order valence-corrected chi connectivity index (χ0v) is 11.5. The molecular weight excluding hydrogens is 224 g/mol. The first kappa shape index (κ1) is 13.4. The maximum absolute atomic E-state index is 5.59. The molecule has 1 aliphatic heterocycles. The van der Waals surface area contributed by atoms with Crippen molar-refractivity contribution >= 4 is 0 Å². The lowest BCUT2D eigenvalue weighted by Crippen LogP contribution is -2.48. The van der Waals surface area contributed by atoms with Crippen molar-refractivity contribution in [2.45, 2.75) is 32.9 Å². The first-order valence-electron chi connectivity index (χ1n) is 6.95. The lowest BCUT2D eigenvalue weighted by Gasteiger charge is -2.31. The van der Waals surface area contributed by atoms with Crippen molar-refractivity contribution < 1.29 is 4.74 Å². The maximum Gasteiger partial charge on any atom is 0.119 e. The molecule has 100 valence electrons. The summed E-state index contributed by atoms with van der Waals surface area (Å²) in [4.78, 5) is 2.50. The number of benzene rings is 1. The van der Waals surface area contributed by atoms with Crippen LogP contribution in [0.15, 0.2) is 24.3 Å². The maximum atomic E-state index is 5.59. The molecular formula is C15H24N2O. The van der Waals surface area contributed by atoms with Crippen LogP contribution in [-0.4, -0.2) is 37.2 Å². The van der Waals surface area contributed by atoms with Crippen molar-refractivity contribution in [2.75, 3.05) is 26.2 Å². The van der Waals surface area contributed by atoms with Crippen molar-refractivity contribution in [1.29, 1.82) is 0 Å². The molecule has 1 atom stereocenters. The Kier molecular flexibility index (Phi) is 5.02. The molecule has 2 rings (SSSR count). The van der Waals surface area contributed by atoms with E-state index in [0.29, 0.717) is 6.04 Å². The molecule has 0 spiro atoms. The molecule has 1 aromatic carbocycles. The van der Waals surface area contributed by atoms with Crippen LogP contribution in [0.5, 0.6) is 5.75 Å².